The van der Waals surface area contributed by atoms with Crippen LogP contribution in [-0.4, -0.2) is 36.1 Å². The Morgan fingerprint density at radius 1 is 1.21 bits per heavy atom. The van der Waals surface area contributed by atoms with E-state index in [2.05, 4.69) is 36.7 Å². The highest BCUT2D eigenvalue weighted by atomic mass is 16.3. The molecule has 0 saturated heterocycles. The van der Waals surface area contributed by atoms with Gasteiger partial charge in [-0.3, -0.25) is 9.59 Å². The predicted octanol–water partition coefficient (Wildman–Crippen LogP) is 1.80. The van der Waals surface area contributed by atoms with Gasteiger partial charge in [-0.15, -0.1) is 0 Å². The highest BCUT2D eigenvalue weighted by Gasteiger charge is 2.57. The molecule has 0 aromatic heterocycles. The fourth-order valence-electron chi connectivity index (χ4n) is 4.11. The molecule has 0 spiro atoms. The third kappa shape index (κ3) is 3.83. The third-order valence-electron chi connectivity index (χ3n) is 5.97. The van der Waals surface area contributed by atoms with Crippen molar-refractivity contribution in [1.82, 2.24) is 16.0 Å². The van der Waals surface area contributed by atoms with Gasteiger partial charge in [0.05, 0.1) is 6.04 Å². The molecule has 1 aromatic rings. The summed E-state index contributed by atoms with van der Waals surface area (Å²) in [7, 11) is 1.53. The summed E-state index contributed by atoms with van der Waals surface area (Å²) in [5, 5.41) is 19.5. The molecular weight excluding hydrogens is 354 g/mol. The van der Waals surface area contributed by atoms with Crippen molar-refractivity contribution in [2.75, 3.05) is 7.05 Å². The highest BCUT2D eigenvalue weighted by molar-refractivity contribution is 6.01. The summed E-state index contributed by atoms with van der Waals surface area (Å²) < 4.78 is 0. The molecule has 0 bridgehead atoms. The lowest BCUT2D eigenvalue weighted by Gasteiger charge is -2.27. The summed E-state index contributed by atoms with van der Waals surface area (Å²) >= 11 is 0. The van der Waals surface area contributed by atoms with E-state index < -0.39 is 12.1 Å². The number of nitrogens with one attached hydrogen (secondary N) is 3. The maximum Gasteiger partial charge on any atom is 0.267 e. The summed E-state index contributed by atoms with van der Waals surface area (Å²) in [5.74, 6) is -0.101. The number of rotatable bonds is 6. The number of hydrogen-bond donors (Lipinski definition) is 4. The average molecular weight is 383 g/mol. The molecule has 1 aliphatic heterocycles. The number of dihydropyridines is 1. The monoisotopic (exact) mass is 383 g/mol. The zero-order chi connectivity index (χ0) is 20.5. The smallest absolute Gasteiger partial charge is 0.267 e. The van der Waals surface area contributed by atoms with E-state index in [4.69, 9.17) is 0 Å². The molecular formula is C22H29N3O3. The third-order valence-corrected chi connectivity index (χ3v) is 5.97. The van der Waals surface area contributed by atoms with Gasteiger partial charge in [0.25, 0.3) is 11.8 Å². The summed E-state index contributed by atoms with van der Waals surface area (Å²) in [5.41, 5.74) is 1.43. The number of carbonyl (C=O) groups excluding carboxylic acids is 2. The van der Waals surface area contributed by atoms with Crippen molar-refractivity contribution in [3.8, 4) is 0 Å². The molecule has 1 aromatic carbocycles. The standard InChI is InChI=1S/C22H29N3O3/c1-5-15-19(22(15,2)3)25-20(27)14-11-16(24-17(12-14)21(28)23-4)18(26)13-9-7-6-8-10-13/h6-12,15-16,18-19,24,26H,5H2,1-4H3,(H,23,28)(H,25,27). The molecule has 2 aliphatic rings. The zero-order valence-corrected chi connectivity index (χ0v) is 16.8. The highest BCUT2D eigenvalue weighted by Crippen LogP contribution is 2.53. The van der Waals surface area contributed by atoms with Crippen LogP contribution in [0.15, 0.2) is 53.8 Å². The molecule has 2 amide bonds. The van der Waals surface area contributed by atoms with Gasteiger partial charge >= 0.3 is 0 Å². The average Bonchev–Trinajstić information content (AvgIpc) is 3.25. The van der Waals surface area contributed by atoms with Crippen molar-refractivity contribution in [3.05, 3.63) is 59.3 Å². The minimum Gasteiger partial charge on any atom is -0.386 e. The number of benzene rings is 1. The van der Waals surface area contributed by atoms with E-state index in [1.54, 1.807) is 12.2 Å². The van der Waals surface area contributed by atoms with Gasteiger partial charge in [-0.1, -0.05) is 57.5 Å². The fraction of sp³-hybridized carbons (Fsp3) is 0.455. The summed E-state index contributed by atoms with van der Waals surface area (Å²) in [6.07, 6.45) is 3.35. The Morgan fingerprint density at radius 3 is 2.46 bits per heavy atom. The molecule has 1 saturated carbocycles. The Morgan fingerprint density at radius 2 is 1.89 bits per heavy atom. The Bertz CT molecular complexity index is 814. The van der Waals surface area contributed by atoms with Crippen LogP contribution in [0.4, 0.5) is 0 Å². The van der Waals surface area contributed by atoms with E-state index in [-0.39, 0.29) is 29.0 Å². The minimum absolute atomic E-state index is 0.0776. The van der Waals surface area contributed by atoms with Gasteiger partial charge in [0, 0.05) is 18.7 Å². The van der Waals surface area contributed by atoms with Crippen LogP contribution in [0.5, 0.6) is 0 Å². The second-order valence-corrected chi connectivity index (χ2v) is 8.07. The van der Waals surface area contributed by atoms with E-state index in [0.717, 1.165) is 6.42 Å². The Labute approximate surface area is 166 Å². The van der Waals surface area contributed by atoms with Gasteiger partial charge in [0.15, 0.2) is 0 Å². The van der Waals surface area contributed by atoms with Crippen LogP contribution in [0.2, 0.25) is 0 Å². The SMILES string of the molecule is CCC1C(NC(=O)C2=CC(C(O)c3ccccc3)NC(C(=O)NC)=C2)C1(C)C. The van der Waals surface area contributed by atoms with Crippen LogP contribution in [0, 0.1) is 11.3 Å². The molecule has 4 atom stereocenters. The zero-order valence-electron chi connectivity index (χ0n) is 16.8. The minimum atomic E-state index is -0.891. The van der Waals surface area contributed by atoms with Crippen molar-refractivity contribution in [3.63, 3.8) is 0 Å². The number of amides is 2. The van der Waals surface area contributed by atoms with Crippen molar-refractivity contribution in [2.45, 2.75) is 45.4 Å². The van der Waals surface area contributed by atoms with Crippen LogP contribution in [0.3, 0.4) is 0 Å². The first-order valence-corrected chi connectivity index (χ1v) is 9.75. The summed E-state index contributed by atoms with van der Waals surface area (Å²) in [6.45, 7) is 6.42. The molecule has 1 aliphatic carbocycles. The molecule has 1 heterocycles. The Hall–Kier alpha value is -2.60. The number of hydrogen-bond acceptors (Lipinski definition) is 4. The van der Waals surface area contributed by atoms with Crippen LogP contribution in [0.25, 0.3) is 0 Å². The molecule has 150 valence electrons. The van der Waals surface area contributed by atoms with Gasteiger partial charge in [0.1, 0.15) is 11.8 Å². The van der Waals surface area contributed by atoms with Crippen molar-refractivity contribution in [1.29, 1.82) is 0 Å². The molecule has 6 nitrogen and oxygen atoms in total. The van der Waals surface area contributed by atoms with Gasteiger partial charge in [-0.05, 0) is 29.0 Å². The normalized spacial score (nSPS) is 26.2. The molecule has 0 radical (unpaired) electrons. The summed E-state index contributed by atoms with van der Waals surface area (Å²) in [6, 6.07) is 8.72. The van der Waals surface area contributed by atoms with Crippen LogP contribution in [-0.2, 0) is 9.59 Å². The number of aliphatic hydroxyl groups excluding tert-OH is 1. The van der Waals surface area contributed by atoms with Gasteiger partial charge < -0.3 is 21.1 Å². The predicted molar refractivity (Wildman–Crippen MR) is 108 cm³/mol. The first kappa shape index (κ1) is 20.1. The molecule has 1 fully saturated rings. The van der Waals surface area contributed by atoms with Gasteiger partial charge in [-0.25, -0.2) is 0 Å². The van der Waals surface area contributed by atoms with E-state index in [0.29, 0.717) is 17.1 Å². The van der Waals surface area contributed by atoms with Crippen molar-refractivity contribution >= 4 is 11.8 Å². The fourth-order valence-corrected chi connectivity index (χ4v) is 4.11. The molecule has 28 heavy (non-hydrogen) atoms. The van der Waals surface area contributed by atoms with Crippen molar-refractivity contribution < 1.29 is 14.7 Å². The van der Waals surface area contributed by atoms with Crippen LogP contribution < -0.4 is 16.0 Å². The number of aliphatic hydroxyl groups is 1. The van der Waals surface area contributed by atoms with E-state index in [1.165, 1.54) is 7.05 Å². The van der Waals surface area contributed by atoms with E-state index in [9.17, 15) is 14.7 Å². The maximum atomic E-state index is 12.9. The number of carbonyl (C=O) groups is 2. The van der Waals surface area contributed by atoms with Crippen molar-refractivity contribution in [2.24, 2.45) is 11.3 Å². The Balaban J connectivity index is 1.83. The second kappa shape index (κ2) is 7.80. The van der Waals surface area contributed by atoms with Gasteiger partial charge in [0.2, 0.25) is 0 Å². The molecule has 3 rings (SSSR count). The topological polar surface area (TPSA) is 90.5 Å². The first-order valence-electron chi connectivity index (χ1n) is 9.75. The van der Waals surface area contributed by atoms with Crippen LogP contribution >= 0.6 is 0 Å². The molecule has 4 N–H and O–H groups in total. The largest absolute Gasteiger partial charge is 0.386 e. The molecule has 4 unspecified atom stereocenters. The quantitative estimate of drug-likeness (QED) is 0.603. The Kier molecular flexibility index (Phi) is 5.61. The second-order valence-electron chi connectivity index (χ2n) is 8.07. The molecule has 6 heteroatoms. The first-order chi connectivity index (χ1) is 13.3. The van der Waals surface area contributed by atoms with E-state index in [1.807, 2.05) is 30.3 Å². The maximum absolute atomic E-state index is 12.9. The lowest BCUT2D eigenvalue weighted by atomic mass is 9.96. The summed E-state index contributed by atoms with van der Waals surface area (Å²) in [4.78, 5) is 25.1. The lowest BCUT2D eigenvalue weighted by molar-refractivity contribution is -0.117. The van der Waals surface area contributed by atoms with Crippen LogP contribution in [0.1, 0.15) is 38.9 Å². The van der Waals surface area contributed by atoms with Gasteiger partial charge in [-0.2, -0.15) is 0 Å². The lowest BCUT2D eigenvalue weighted by Crippen LogP contribution is -2.42. The number of likely N-dealkylation sites (N-methyl/N-ethyl adjacent to an activating group) is 1. The van der Waals surface area contributed by atoms with E-state index >= 15 is 0 Å².